The van der Waals surface area contributed by atoms with Crippen LogP contribution in [0, 0.1) is 28.6 Å². The molecule has 0 aromatic carbocycles. The summed E-state index contributed by atoms with van der Waals surface area (Å²) in [4.78, 5) is 0. The van der Waals surface area contributed by atoms with Gasteiger partial charge in [-0.2, -0.15) is 0 Å². The molecule has 4 rings (SSSR count). The summed E-state index contributed by atoms with van der Waals surface area (Å²) < 4.78 is 14.1. The molecule has 0 aliphatic heterocycles. The molecule has 0 bridgehead atoms. The zero-order valence-corrected chi connectivity index (χ0v) is 13.8. The van der Waals surface area contributed by atoms with E-state index in [-0.39, 0.29) is 22.6 Å². The molecule has 0 heterocycles. The highest BCUT2D eigenvalue weighted by Gasteiger charge is 2.59. The van der Waals surface area contributed by atoms with Crippen LogP contribution in [-0.2, 0) is 0 Å². The Bertz CT molecular complexity index is 639. The van der Waals surface area contributed by atoms with Crippen LogP contribution in [0.2, 0.25) is 0 Å². The van der Waals surface area contributed by atoms with Gasteiger partial charge in [0.25, 0.3) is 0 Å². The summed E-state index contributed by atoms with van der Waals surface area (Å²) in [6.45, 7) is 4.31. The van der Waals surface area contributed by atoms with E-state index in [2.05, 4.69) is 19.9 Å². The van der Waals surface area contributed by atoms with Crippen molar-refractivity contribution in [1.29, 1.82) is 0 Å². The van der Waals surface area contributed by atoms with Crippen LogP contribution in [0.15, 0.2) is 35.4 Å². The van der Waals surface area contributed by atoms with E-state index in [1.165, 1.54) is 0 Å². The zero-order valence-electron chi connectivity index (χ0n) is 13.8. The molecular weight excluding hydrogens is 293 g/mol. The molecule has 23 heavy (non-hydrogen) atoms. The fourth-order valence-corrected chi connectivity index (χ4v) is 6.07. The molecule has 0 spiro atoms. The van der Waals surface area contributed by atoms with Crippen molar-refractivity contribution in [2.75, 3.05) is 0 Å². The highest BCUT2D eigenvalue weighted by Crippen LogP contribution is 2.63. The van der Waals surface area contributed by atoms with Crippen LogP contribution in [0.25, 0.3) is 0 Å². The quantitative estimate of drug-likeness (QED) is 0.641. The smallest absolute Gasteiger partial charge is 0.161 e. The molecular formula is C19H26FNO2. The van der Waals surface area contributed by atoms with Gasteiger partial charge in [0, 0.05) is 11.5 Å². The van der Waals surface area contributed by atoms with Crippen LogP contribution in [-0.4, -0.2) is 22.4 Å². The molecule has 0 unspecified atom stereocenters. The molecule has 3 nitrogen and oxygen atoms in total. The van der Waals surface area contributed by atoms with Crippen molar-refractivity contribution in [3.8, 4) is 0 Å². The lowest BCUT2D eigenvalue weighted by Crippen LogP contribution is -2.52. The van der Waals surface area contributed by atoms with Gasteiger partial charge in [-0.05, 0) is 66.6 Å². The zero-order chi connectivity index (χ0) is 16.6. The lowest BCUT2D eigenvalue weighted by Gasteiger charge is -2.55. The minimum Gasteiger partial charge on any atom is -0.505 e. The third-order valence-electron chi connectivity index (χ3n) is 7.51. The molecule has 0 aromatic rings. The number of fused-ring (bicyclic) bond motifs is 5. The first-order valence-corrected chi connectivity index (χ1v) is 8.71. The van der Waals surface area contributed by atoms with E-state index in [9.17, 15) is 14.6 Å². The minimum atomic E-state index is -0.512. The van der Waals surface area contributed by atoms with Gasteiger partial charge in [0.05, 0.1) is 6.10 Å². The fourth-order valence-electron chi connectivity index (χ4n) is 6.07. The van der Waals surface area contributed by atoms with E-state index in [0.717, 1.165) is 31.3 Å². The van der Waals surface area contributed by atoms with Gasteiger partial charge in [-0.15, -0.1) is 0 Å². The molecule has 0 amide bonds. The SMILES string of the molecule is C[C@]12CC[C@H]3[C@@H](CC=C4C=C(O)C(F)=C[C@@]43C)[C@@H]1C[C@@H](O)[C@@H]2N. The van der Waals surface area contributed by atoms with E-state index >= 15 is 0 Å². The van der Waals surface area contributed by atoms with Crippen LogP contribution in [0.3, 0.4) is 0 Å². The highest BCUT2D eigenvalue weighted by atomic mass is 19.1. The fraction of sp³-hybridized carbons (Fsp3) is 0.684. The number of rotatable bonds is 0. The lowest BCUT2D eigenvalue weighted by atomic mass is 9.49. The van der Waals surface area contributed by atoms with Crippen molar-refractivity contribution in [3.05, 3.63) is 35.4 Å². The predicted molar refractivity (Wildman–Crippen MR) is 87.1 cm³/mol. The second kappa shape index (κ2) is 4.70. The molecule has 4 N–H and O–H groups in total. The van der Waals surface area contributed by atoms with Crippen molar-refractivity contribution in [1.82, 2.24) is 0 Å². The van der Waals surface area contributed by atoms with Gasteiger partial charge in [0.15, 0.2) is 11.6 Å². The summed E-state index contributed by atoms with van der Waals surface area (Å²) in [5.74, 6) is 0.376. The van der Waals surface area contributed by atoms with Crippen LogP contribution >= 0.6 is 0 Å². The van der Waals surface area contributed by atoms with Crippen LogP contribution in [0.5, 0.6) is 0 Å². The number of allylic oxidation sites excluding steroid dienone is 5. The van der Waals surface area contributed by atoms with Gasteiger partial charge >= 0.3 is 0 Å². The standard InChI is InChI=1S/C19H26FNO2/c1-18-6-5-12-11(13(18)8-16(23)17(18)21)4-3-10-7-15(22)14(20)9-19(10,12)2/h3,7,9,11-13,16-17,22-23H,4-6,8,21H2,1-2H3/t11-,12+,13+,16-,17+,18+,19+/m1/s1. The van der Waals surface area contributed by atoms with Gasteiger partial charge in [0.2, 0.25) is 0 Å². The van der Waals surface area contributed by atoms with Gasteiger partial charge in [-0.25, -0.2) is 4.39 Å². The number of halogens is 1. The second-order valence-electron chi connectivity index (χ2n) is 8.45. The summed E-state index contributed by atoms with van der Waals surface area (Å²) in [5.41, 5.74) is 6.97. The molecule has 0 saturated heterocycles. The van der Waals surface area contributed by atoms with Crippen molar-refractivity contribution in [2.24, 2.45) is 34.3 Å². The third kappa shape index (κ3) is 1.88. The van der Waals surface area contributed by atoms with E-state index < -0.39 is 11.9 Å². The van der Waals surface area contributed by atoms with Gasteiger partial charge in [0.1, 0.15) is 0 Å². The Morgan fingerprint density at radius 1 is 1.30 bits per heavy atom. The first-order valence-electron chi connectivity index (χ1n) is 8.71. The van der Waals surface area contributed by atoms with E-state index in [4.69, 9.17) is 5.73 Å². The largest absolute Gasteiger partial charge is 0.505 e. The number of aliphatic hydroxyl groups excluding tert-OH is 2. The predicted octanol–water partition coefficient (Wildman–Crippen LogP) is 3.37. The van der Waals surface area contributed by atoms with Crippen LogP contribution < -0.4 is 5.73 Å². The van der Waals surface area contributed by atoms with Crippen molar-refractivity contribution in [2.45, 2.75) is 51.7 Å². The van der Waals surface area contributed by atoms with Gasteiger partial charge in [-0.1, -0.05) is 19.9 Å². The Hall–Kier alpha value is -1.13. The first-order chi connectivity index (χ1) is 10.8. The molecule has 4 aliphatic carbocycles. The van der Waals surface area contributed by atoms with Crippen molar-refractivity contribution >= 4 is 0 Å². The van der Waals surface area contributed by atoms with E-state index in [0.29, 0.717) is 17.8 Å². The van der Waals surface area contributed by atoms with Gasteiger partial charge < -0.3 is 15.9 Å². The summed E-state index contributed by atoms with van der Waals surface area (Å²) in [6.07, 6.45) is 8.58. The first kappa shape index (κ1) is 15.4. The maximum absolute atomic E-state index is 14.1. The van der Waals surface area contributed by atoms with Crippen LogP contribution in [0.1, 0.15) is 39.5 Å². The van der Waals surface area contributed by atoms with Gasteiger partial charge in [-0.3, -0.25) is 0 Å². The molecule has 4 heteroatoms. The molecule has 0 radical (unpaired) electrons. The summed E-state index contributed by atoms with van der Waals surface area (Å²) in [6, 6.07) is -0.158. The maximum Gasteiger partial charge on any atom is 0.161 e. The van der Waals surface area contributed by atoms with E-state index in [1.54, 1.807) is 12.2 Å². The highest BCUT2D eigenvalue weighted by molar-refractivity contribution is 5.45. The number of nitrogens with two attached hydrogens (primary N) is 1. The summed E-state index contributed by atoms with van der Waals surface area (Å²) >= 11 is 0. The molecule has 0 aromatic heterocycles. The Morgan fingerprint density at radius 3 is 2.78 bits per heavy atom. The third-order valence-corrected chi connectivity index (χ3v) is 7.51. The molecule has 4 aliphatic rings. The maximum atomic E-state index is 14.1. The Labute approximate surface area is 136 Å². The number of hydrogen-bond acceptors (Lipinski definition) is 3. The monoisotopic (exact) mass is 319 g/mol. The average Bonchev–Trinajstić information content (AvgIpc) is 2.73. The Balaban J connectivity index is 1.75. The number of aliphatic hydroxyl groups is 2. The summed E-state index contributed by atoms with van der Waals surface area (Å²) in [5, 5.41) is 20.0. The van der Waals surface area contributed by atoms with Crippen LogP contribution in [0.4, 0.5) is 4.39 Å². The Morgan fingerprint density at radius 2 is 2.04 bits per heavy atom. The normalized spacial score (nSPS) is 51.9. The molecule has 7 atom stereocenters. The minimum absolute atomic E-state index is 0.0167. The molecule has 2 fully saturated rings. The number of hydrogen-bond donors (Lipinski definition) is 3. The van der Waals surface area contributed by atoms with Crippen molar-refractivity contribution < 1.29 is 14.6 Å². The topological polar surface area (TPSA) is 66.5 Å². The summed E-state index contributed by atoms with van der Waals surface area (Å²) in [7, 11) is 0. The lowest BCUT2D eigenvalue weighted by molar-refractivity contribution is -0.00750. The molecule has 126 valence electrons. The average molecular weight is 319 g/mol. The second-order valence-corrected chi connectivity index (χ2v) is 8.45. The molecule has 2 saturated carbocycles. The van der Waals surface area contributed by atoms with E-state index in [1.807, 2.05) is 0 Å². The van der Waals surface area contributed by atoms with Crippen molar-refractivity contribution in [3.63, 3.8) is 0 Å². The Kier molecular flexibility index (Phi) is 3.15.